The molecule has 3 atom stereocenters. The molecule has 1 aliphatic rings. The van der Waals surface area contributed by atoms with Gasteiger partial charge in [0, 0.05) is 6.04 Å². The second kappa shape index (κ2) is 4.54. The summed E-state index contributed by atoms with van der Waals surface area (Å²) in [6.45, 7) is 4.07. The molecule has 0 saturated heterocycles. The number of halogens is 1. The highest BCUT2D eigenvalue weighted by molar-refractivity contribution is 5.30. The summed E-state index contributed by atoms with van der Waals surface area (Å²) in [5.41, 5.74) is 2.07. The van der Waals surface area contributed by atoms with Gasteiger partial charge in [0.15, 0.2) is 0 Å². The standard InChI is InChI=1S/C14H20FN/c1-4-11-12(8-14(11)16-3)10-5-6-13(15)9(2)7-10/h5-7,11-12,14,16H,4,8H2,1-3H3. The van der Waals surface area contributed by atoms with Crippen LogP contribution in [0.25, 0.3) is 0 Å². The first-order valence-corrected chi connectivity index (χ1v) is 6.10. The van der Waals surface area contributed by atoms with Gasteiger partial charge in [-0.15, -0.1) is 0 Å². The fourth-order valence-corrected chi connectivity index (χ4v) is 2.89. The molecule has 1 N–H and O–H groups in total. The predicted octanol–water partition coefficient (Wildman–Crippen LogP) is 3.24. The van der Waals surface area contributed by atoms with E-state index in [-0.39, 0.29) is 5.82 Å². The van der Waals surface area contributed by atoms with Gasteiger partial charge in [0.05, 0.1) is 0 Å². The summed E-state index contributed by atoms with van der Waals surface area (Å²) in [7, 11) is 2.03. The molecule has 16 heavy (non-hydrogen) atoms. The largest absolute Gasteiger partial charge is 0.317 e. The number of hydrogen-bond acceptors (Lipinski definition) is 1. The van der Waals surface area contributed by atoms with Crippen LogP contribution in [0.3, 0.4) is 0 Å². The molecule has 1 nitrogen and oxygen atoms in total. The van der Waals surface area contributed by atoms with Gasteiger partial charge in [0.2, 0.25) is 0 Å². The van der Waals surface area contributed by atoms with Crippen LogP contribution in [0.15, 0.2) is 18.2 Å². The van der Waals surface area contributed by atoms with Crippen molar-refractivity contribution in [3.05, 3.63) is 35.1 Å². The lowest BCUT2D eigenvalue weighted by molar-refractivity contribution is 0.169. The predicted molar refractivity (Wildman–Crippen MR) is 65.1 cm³/mol. The molecule has 1 saturated carbocycles. The fraction of sp³-hybridized carbons (Fsp3) is 0.571. The van der Waals surface area contributed by atoms with Crippen molar-refractivity contribution in [2.24, 2.45) is 5.92 Å². The van der Waals surface area contributed by atoms with Crippen molar-refractivity contribution in [3.63, 3.8) is 0 Å². The molecule has 2 rings (SSSR count). The Labute approximate surface area is 97.1 Å². The summed E-state index contributed by atoms with van der Waals surface area (Å²) >= 11 is 0. The number of hydrogen-bond donors (Lipinski definition) is 1. The minimum atomic E-state index is -0.0960. The number of benzene rings is 1. The van der Waals surface area contributed by atoms with E-state index >= 15 is 0 Å². The summed E-state index contributed by atoms with van der Waals surface area (Å²) in [5.74, 6) is 1.22. The van der Waals surface area contributed by atoms with Crippen LogP contribution in [0.1, 0.15) is 36.8 Å². The van der Waals surface area contributed by atoms with Crippen molar-refractivity contribution in [2.75, 3.05) is 7.05 Å². The molecule has 0 spiro atoms. The van der Waals surface area contributed by atoms with Crippen molar-refractivity contribution < 1.29 is 4.39 Å². The van der Waals surface area contributed by atoms with Gasteiger partial charge in [-0.2, -0.15) is 0 Å². The molecule has 2 heteroatoms. The maximum absolute atomic E-state index is 13.2. The van der Waals surface area contributed by atoms with Crippen LogP contribution in [0.4, 0.5) is 4.39 Å². The molecule has 1 aromatic rings. The molecule has 0 aliphatic heterocycles. The third-order valence-electron chi connectivity index (χ3n) is 3.99. The molecule has 0 radical (unpaired) electrons. The van der Waals surface area contributed by atoms with Gasteiger partial charge >= 0.3 is 0 Å². The molecule has 1 aromatic carbocycles. The van der Waals surface area contributed by atoms with Crippen LogP contribution >= 0.6 is 0 Å². The van der Waals surface area contributed by atoms with Gasteiger partial charge in [-0.05, 0) is 49.4 Å². The fourth-order valence-electron chi connectivity index (χ4n) is 2.89. The average Bonchev–Trinajstić information content (AvgIpc) is 2.23. The zero-order valence-corrected chi connectivity index (χ0v) is 10.3. The Balaban J connectivity index is 2.16. The van der Waals surface area contributed by atoms with Crippen molar-refractivity contribution in [2.45, 2.75) is 38.6 Å². The Kier molecular flexibility index (Phi) is 3.29. The molecule has 1 aliphatic carbocycles. The van der Waals surface area contributed by atoms with Crippen molar-refractivity contribution in [1.82, 2.24) is 5.32 Å². The van der Waals surface area contributed by atoms with Gasteiger partial charge in [0.25, 0.3) is 0 Å². The van der Waals surface area contributed by atoms with E-state index in [1.807, 2.05) is 26.1 Å². The van der Waals surface area contributed by atoms with Gasteiger partial charge in [-0.25, -0.2) is 4.39 Å². The minimum absolute atomic E-state index is 0.0960. The normalized spacial score (nSPS) is 28.9. The third kappa shape index (κ3) is 1.86. The average molecular weight is 221 g/mol. The summed E-state index contributed by atoms with van der Waals surface area (Å²) in [6, 6.07) is 6.19. The first-order chi connectivity index (χ1) is 7.67. The van der Waals surface area contributed by atoms with Gasteiger partial charge in [-0.1, -0.05) is 25.5 Å². The van der Waals surface area contributed by atoms with E-state index in [1.165, 1.54) is 18.4 Å². The van der Waals surface area contributed by atoms with E-state index in [1.54, 1.807) is 6.07 Å². The van der Waals surface area contributed by atoms with Gasteiger partial charge in [0.1, 0.15) is 5.82 Å². The van der Waals surface area contributed by atoms with Crippen LogP contribution < -0.4 is 5.32 Å². The zero-order valence-electron chi connectivity index (χ0n) is 10.3. The van der Waals surface area contributed by atoms with E-state index in [2.05, 4.69) is 12.2 Å². The molecule has 88 valence electrons. The first-order valence-electron chi connectivity index (χ1n) is 6.10. The summed E-state index contributed by atoms with van der Waals surface area (Å²) in [5, 5.41) is 3.35. The van der Waals surface area contributed by atoms with Crippen LogP contribution in [0.2, 0.25) is 0 Å². The molecule has 0 bridgehead atoms. The van der Waals surface area contributed by atoms with E-state index in [9.17, 15) is 4.39 Å². The van der Waals surface area contributed by atoms with Crippen LogP contribution in [0.5, 0.6) is 0 Å². The SMILES string of the molecule is CCC1C(NC)CC1c1ccc(F)c(C)c1. The van der Waals surface area contributed by atoms with Crippen LogP contribution in [0, 0.1) is 18.7 Å². The van der Waals surface area contributed by atoms with E-state index in [0.717, 1.165) is 5.56 Å². The van der Waals surface area contributed by atoms with Crippen LogP contribution in [-0.2, 0) is 0 Å². The highest BCUT2D eigenvalue weighted by Crippen LogP contribution is 2.44. The van der Waals surface area contributed by atoms with Crippen molar-refractivity contribution in [1.29, 1.82) is 0 Å². The van der Waals surface area contributed by atoms with Gasteiger partial charge < -0.3 is 5.32 Å². The second-order valence-electron chi connectivity index (χ2n) is 4.82. The Morgan fingerprint density at radius 3 is 2.75 bits per heavy atom. The summed E-state index contributed by atoms with van der Waals surface area (Å²) < 4.78 is 13.2. The molecular formula is C14H20FN. The molecule has 3 unspecified atom stereocenters. The van der Waals surface area contributed by atoms with E-state index < -0.39 is 0 Å². The Morgan fingerprint density at radius 1 is 1.44 bits per heavy atom. The molecule has 0 heterocycles. The maximum atomic E-state index is 13.2. The Bertz CT molecular complexity index is 375. The summed E-state index contributed by atoms with van der Waals surface area (Å²) in [6.07, 6.45) is 2.37. The quantitative estimate of drug-likeness (QED) is 0.826. The monoisotopic (exact) mass is 221 g/mol. The molecule has 0 aromatic heterocycles. The number of aryl methyl sites for hydroxylation is 1. The van der Waals surface area contributed by atoms with Crippen molar-refractivity contribution >= 4 is 0 Å². The minimum Gasteiger partial charge on any atom is -0.317 e. The smallest absolute Gasteiger partial charge is 0.126 e. The number of rotatable bonds is 3. The summed E-state index contributed by atoms with van der Waals surface area (Å²) in [4.78, 5) is 0. The van der Waals surface area contributed by atoms with Crippen molar-refractivity contribution in [3.8, 4) is 0 Å². The lowest BCUT2D eigenvalue weighted by atomic mass is 9.65. The highest BCUT2D eigenvalue weighted by atomic mass is 19.1. The second-order valence-corrected chi connectivity index (χ2v) is 4.82. The van der Waals surface area contributed by atoms with E-state index in [0.29, 0.717) is 17.9 Å². The van der Waals surface area contributed by atoms with E-state index in [4.69, 9.17) is 0 Å². The topological polar surface area (TPSA) is 12.0 Å². The van der Waals surface area contributed by atoms with Crippen LogP contribution in [-0.4, -0.2) is 13.1 Å². The Morgan fingerprint density at radius 2 is 2.19 bits per heavy atom. The molecular weight excluding hydrogens is 201 g/mol. The lowest BCUT2D eigenvalue weighted by Crippen LogP contribution is -2.47. The highest BCUT2D eigenvalue weighted by Gasteiger charge is 2.39. The Hall–Kier alpha value is -0.890. The first kappa shape index (κ1) is 11.6. The number of nitrogens with one attached hydrogen (secondary N) is 1. The molecule has 0 amide bonds. The third-order valence-corrected chi connectivity index (χ3v) is 3.99. The lowest BCUT2D eigenvalue weighted by Gasteiger charge is -2.45. The zero-order chi connectivity index (χ0) is 11.7. The maximum Gasteiger partial charge on any atom is 0.126 e. The molecule has 1 fully saturated rings. The van der Waals surface area contributed by atoms with Gasteiger partial charge in [-0.3, -0.25) is 0 Å².